The van der Waals surface area contributed by atoms with Crippen LogP contribution < -0.4 is 9.13 Å². The Hall–Kier alpha value is -1.78. The molecule has 0 saturated carbocycles. The second-order valence-corrected chi connectivity index (χ2v) is 9.08. The third-order valence-corrected chi connectivity index (χ3v) is 6.25. The SMILES string of the molecule is C.OCCCc1cc[n+](CCCCCCCCCCCC[n+]2ccc(CCCO)cc2)cc1. The minimum absolute atomic E-state index is 0. The van der Waals surface area contributed by atoms with Crippen molar-refractivity contribution in [3.8, 4) is 0 Å². The fourth-order valence-corrected chi connectivity index (χ4v) is 4.18. The molecule has 2 heterocycles. The van der Waals surface area contributed by atoms with Crippen molar-refractivity contribution < 1.29 is 19.3 Å². The Morgan fingerprint density at radius 3 is 1.06 bits per heavy atom. The number of rotatable bonds is 19. The Morgan fingerprint density at radius 2 is 0.758 bits per heavy atom. The Morgan fingerprint density at radius 1 is 0.455 bits per heavy atom. The molecule has 2 N–H and O–H groups in total. The Kier molecular flexibility index (Phi) is 17.4. The first kappa shape index (κ1) is 29.3. The van der Waals surface area contributed by atoms with Gasteiger partial charge in [0.1, 0.15) is 13.1 Å². The average Bonchev–Trinajstić information content (AvgIpc) is 2.83. The molecule has 2 aromatic heterocycles. The summed E-state index contributed by atoms with van der Waals surface area (Å²) in [5.74, 6) is 0. The normalized spacial score (nSPS) is 10.8. The summed E-state index contributed by atoms with van der Waals surface area (Å²) in [5.41, 5.74) is 2.64. The maximum atomic E-state index is 8.91. The van der Waals surface area contributed by atoms with Crippen molar-refractivity contribution in [3.63, 3.8) is 0 Å². The van der Waals surface area contributed by atoms with Crippen LogP contribution in [-0.4, -0.2) is 23.4 Å². The van der Waals surface area contributed by atoms with E-state index in [-0.39, 0.29) is 20.6 Å². The second kappa shape index (κ2) is 19.7. The molecule has 0 aliphatic rings. The zero-order valence-electron chi connectivity index (χ0n) is 20.1. The molecule has 0 saturated heterocycles. The van der Waals surface area contributed by atoms with Gasteiger partial charge in [0.25, 0.3) is 0 Å². The highest BCUT2D eigenvalue weighted by atomic mass is 16.3. The first-order valence-electron chi connectivity index (χ1n) is 13.0. The van der Waals surface area contributed by atoms with Crippen LogP contribution in [0.1, 0.15) is 95.6 Å². The lowest BCUT2D eigenvalue weighted by molar-refractivity contribution is -0.697. The van der Waals surface area contributed by atoms with Crippen molar-refractivity contribution in [1.82, 2.24) is 0 Å². The van der Waals surface area contributed by atoms with Gasteiger partial charge in [-0.15, -0.1) is 0 Å². The molecule has 0 bridgehead atoms. The van der Waals surface area contributed by atoms with Gasteiger partial charge in [-0.25, -0.2) is 9.13 Å². The van der Waals surface area contributed by atoms with Crippen LogP contribution in [0, 0.1) is 0 Å². The lowest BCUT2D eigenvalue weighted by atomic mass is 10.1. The number of aliphatic hydroxyl groups excluding tert-OH is 2. The molecular formula is C29H50N2O2+2. The van der Waals surface area contributed by atoms with E-state index in [0.717, 1.165) is 38.8 Å². The molecule has 2 aromatic rings. The molecule has 0 atom stereocenters. The summed E-state index contributed by atoms with van der Waals surface area (Å²) in [6, 6.07) is 8.74. The summed E-state index contributed by atoms with van der Waals surface area (Å²) in [6.07, 6.45) is 25.8. The smallest absolute Gasteiger partial charge is 0.169 e. The van der Waals surface area contributed by atoms with Gasteiger partial charge in [0.05, 0.1) is 0 Å². The van der Waals surface area contributed by atoms with Crippen LogP contribution in [0.2, 0.25) is 0 Å². The molecule has 186 valence electrons. The van der Waals surface area contributed by atoms with Gasteiger partial charge >= 0.3 is 0 Å². The number of pyridine rings is 2. The largest absolute Gasteiger partial charge is 0.396 e. The van der Waals surface area contributed by atoms with Crippen molar-refractivity contribution in [2.75, 3.05) is 13.2 Å². The third-order valence-electron chi connectivity index (χ3n) is 6.25. The van der Waals surface area contributed by atoms with Crippen molar-refractivity contribution in [3.05, 3.63) is 60.2 Å². The van der Waals surface area contributed by atoms with Gasteiger partial charge in [0, 0.05) is 50.3 Å². The number of aryl methyl sites for hydroxylation is 4. The molecular weight excluding hydrogens is 408 g/mol. The van der Waals surface area contributed by atoms with Gasteiger partial charge in [-0.2, -0.15) is 0 Å². The predicted molar refractivity (Wildman–Crippen MR) is 137 cm³/mol. The summed E-state index contributed by atoms with van der Waals surface area (Å²) in [4.78, 5) is 0. The standard InChI is InChI=1S/C28H46N2O2.CH4/c31-25-11-13-27-15-21-29(22-16-27)19-9-7-5-3-1-2-4-6-8-10-20-30-23-17-28(18-24-30)14-12-26-32;/h15-18,21-24,31-32H,1-14,19-20,25-26H2;1H4/q+2;. The zero-order chi connectivity index (χ0) is 22.7. The predicted octanol–water partition coefficient (Wildman–Crippen LogP) is 5.35. The number of aliphatic hydroxyl groups is 2. The van der Waals surface area contributed by atoms with Gasteiger partial charge in [0.15, 0.2) is 24.8 Å². The van der Waals surface area contributed by atoms with Gasteiger partial charge in [-0.3, -0.25) is 0 Å². The van der Waals surface area contributed by atoms with Crippen molar-refractivity contribution in [1.29, 1.82) is 0 Å². The molecule has 0 radical (unpaired) electrons. The Labute approximate surface area is 203 Å². The Balaban J connectivity index is 0.00000544. The van der Waals surface area contributed by atoms with Crippen LogP contribution in [0.15, 0.2) is 49.1 Å². The topological polar surface area (TPSA) is 48.2 Å². The maximum absolute atomic E-state index is 8.91. The van der Waals surface area contributed by atoms with Crippen molar-refractivity contribution >= 4 is 0 Å². The number of unbranched alkanes of at least 4 members (excludes halogenated alkanes) is 9. The number of aromatic nitrogens is 2. The van der Waals surface area contributed by atoms with E-state index >= 15 is 0 Å². The van der Waals surface area contributed by atoms with E-state index in [2.05, 4.69) is 58.2 Å². The van der Waals surface area contributed by atoms with E-state index in [9.17, 15) is 0 Å². The van der Waals surface area contributed by atoms with Crippen LogP contribution in [0.25, 0.3) is 0 Å². The first-order chi connectivity index (χ1) is 15.8. The quantitative estimate of drug-likeness (QED) is 0.220. The zero-order valence-corrected chi connectivity index (χ0v) is 20.1. The highest BCUT2D eigenvalue weighted by Gasteiger charge is 2.03. The number of nitrogens with zero attached hydrogens (tertiary/aromatic N) is 2. The molecule has 0 amide bonds. The molecule has 4 nitrogen and oxygen atoms in total. The lowest BCUT2D eigenvalue weighted by Crippen LogP contribution is -2.32. The van der Waals surface area contributed by atoms with Gasteiger partial charge < -0.3 is 10.2 Å². The van der Waals surface area contributed by atoms with E-state index < -0.39 is 0 Å². The Bertz CT molecular complexity index is 624. The highest BCUT2D eigenvalue weighted by molar-refractivity contribution is 5.07. The highest BCUT2D eigenvalue weighted by Crippen LogP contribution is 2.11. The summed E-state index contributed by atoms with van der Waals surface area (Å²) < 4.78 is 4.57. The average molecular weight is 459 g/mol. The molecule has 4 heteroatoms. The van der Waals surface area contributed by atoms with Crippen molar-refractivity contribution in [2.24, 2.45) is 0 Å². The molecule has 0 spiro atoms. The van der Waals surface area contributed by atoms with E-state index in [0.29, 0.717) is 0 Å². The van der Waals surface area contributed by atoms with Crippen LogP contribution in [-0.2, 0) is 25.9 Å². The van der Waals surface area contributed by atoms with E-state index in [1.54, 1.807) is 0 Å². The molecule has 0 aromatic carbocycles. The molecule has 0 aliphatic heterocycles. The summed E-state index contributed by atoms with van der Waals surface area (Å²) >= 11 is 0. The molecule has 2 rings (SSSR count). The number of hydrogen-bond donors (Lipinski definition) is 2. The molecule has 0 aliphatic carbocycles. The van der Waals surface area contributed by atoms with Gasteiger partial charge in [0.2, 0.25) is 0 Å². The summed E-state index contributed by atoms with van der Waals surface area (Å²) in [7, 11) is 0. The molecule has 0 fully saturated rings. The van der Waals surface area contributed by atoms with E-state index in [1.807, 2.05) is 0 Å². The second-order valence-electron chi connectivity index (χ2n) is 9.08. The van der Waals surface area contributed by atoms with Gasteiger partial charge in [-0.05, 0) is 49.7 Å². The maximum Gasteiger partial charge on any atom is 0.169 e. The van der Waals surface area contributed by atoms with Gasteiger partial charge in [-0.1, -0.05) is 46.0 Å². The number of hydrogen-bond acceptors (Lipinski definition) is 2. The third kappa shape index (κ3) is 14.2. The first-order valence-corrected chi connectivity index (χ1v) is 13.0. The van der Waals surface area contributed by atoms with Crippen LogP contribution in [0.4, 0.5) is 0 Å². The fourth-order valence-electron chi connectivity index (χ4n) is 4.18. The molecule has 0 unspecified atom stereocenters. The van der Waals surface area contributed by atoms with Crippen LogP contribution >= 0.6 is 0 Å². The van der Waals surface area contributed by atoms with Crippen LogP contribution in [0.5, 0.6) is 0 Å². The minimum atomic E-state index is 0. The van der Waals surface area contributed by atoms with Crippen molar-refractivity contribution in [2.45, 2.75) is 110 Å². The van der Waals surface area contributed by atoms with E-state index in [4.69, 9.17) is 10.2 Å². The van der Waals surface area contributed by atoms with E-state index in [1.165, 1.54) is 75.3 Å². The monoisotopic (exact) mass is 458 g/mol. The molecule has 33 heavy (non-hydrogen) atoms. The lowest BCUT2D eigenvalue weighted by Gasteiger charge is -2.03. The van der Waals surface area contributed by atoms with Crippen LogP contribution in [0.3, 0.4) is 0 Å². The minimum Gasteiger partial charge on any atom is -0.396 e. The summed E-state index contributed by atoms with van der Waals surface area (Å²) in [5, 5.41) is 17.8. The fraction of sp³-hybridized carbons (Fsp3) is 0.655. The summed E-state index contributed by atoms with van der Waals surface area (Å²) in [6.45, 7) is 2.78.